The van der Waals surface area contributed by atoms with Crippen molar-refractivity contribution in [3.8, 4) is 0 Å². The third-order valence-corrected chi connectivity index (χ3v) is 3.15. The second-order valence-electron chi connectivity index (χ2n) is 4.69. The Hall–Kier alpha value is -0.900. The highest BCUT2D eigenvalue weighted by Crippen LogP contribution is 2.02. The lowest BCUT2D eigenvalue weighted by Gasteiger charge is -2.30. The summed E-state index contributed by atoms with van der Waals surface area (Å²) >= 11 is 0. The van der Waals surface area contributed by atoms with Gasteiger partial charge in [0.15, 0.2) is 0 Å². The molecule has 1 saturated heterocycles. The maximum Gasteiger partial charge on any atom is 0.0826 e. The molecule has 0 radical (unpaired) electrons. The number of rotatable bonds is 5. The highest BCUT2D eigenvalue weighted by Gasteiger charge is 2.16. The summed E-state index contributed by atoms with van der Waals surface area (Å²) in [5.41, 5.74) is 1.39. The lowest BCUT2D eigenvalue weighted by atomic mass is 10.1. The number of morpholine rings is 1. The maximum atomic E-state index is 5.70. The van der Waals surface area contributed by atoms with Crippen LogP contribution in [0.4, 0.5) is 0 Å². The van der Waals surface area contributed by atoms with Gasteiger partial charge in [0.1, 0.15) is 0 Å². The van der Waals surface area contributed by atoms with Crippen molar-refractivity contribution >= 4 is 0 Å². The monoisotopic (exact) mass is 234 g/mol. The van der Waals surface area contributed by atoms with Crippen LogP contribution >= 0.6 is 0 Å². The number of nitrogens with zero attached hydrogens (tertiary/aromatic N) is 1. The predicted octanol–water partition coefficient (Wildman–Crippen LogP) is 1.15. The Kier molecular flexibility index (Phi) is 4.98. The summed E-state index contributed by atoms with van der Waals surface area (Å²) in [5, 5.41) is 3.47. The van der Waals surface area contributed by atoms with E-state index in [9.17, 15) is 0 Å². The SMILES string of the molecule is CN1CCOC(CNCCc2ccccc2)C1. The molecular weight excluding hydrogens is 212 g/mol. The van der Waals surface area contributed by atoms with Gasteiger partial charge in [-0.3, -0.25) is 0 Å². The fourth-order valence-electron chi connectivity index (χ4n) is 2.13. The molecule has 1 aromatic rings. The Labute approximate surface area is 104 Å². The van der Waals surface area contributed by atoms with Crippen molar-refractivity contribution in [3.05, 3.63) is 35.9 Å². The van der Waals surface area contributed by atoms with Crippen molar-refractivity contribution < 1.29 is 4.74 Å². The minimum atomic E-state index is 0.351. The zero-order chi connectivity index (χ0) is 11.9. The summed E-state index contributed by atoms with van der Waals surface area (Å²) < 4.78 is 5.70. The lowest BCUT2D eigenvalue weighted by molar-refractivity contribution is -0.0179. The smallest absolute Gasteiger partial charge is 0.0826 e. The van der Waals surface area contributed by atoms with Gasteiger partial charge in [-0.25, -0.2) is 0 Å². The van der Waals surface area contributed by atoms with E-state index in [1.165, 1.54) is 5.56 Å². The summed E-state index contributed by atoms with van der Waals surface area (Å²) in [7, 11) is 2.15. The van der Waals surface area contributed by atoms with E-state index < -0.39 is 0 Å². The summed E-state index contributed by atoms with van der Waals surface area (Å²) in [6.45, 7) is 4.94. The van der Waals surface area contributed by atoms with Gasteiger partial charge >= 0.3 is 0 Å². The first-order chi connectivity index (χ1) is 8.34. The van der Waals surface area contributed by atoms with Crippen LogP contribution in [0.1, 0.15) is 5.56 Å². The Balaban J connectivity index is 1.60. The van der Waals surface area contributed by atoms with Crippen LogP contribution in [-0.2, 0) is 11.2 Å². The van der Waals surface area contributed by atoms with Crippen molar-refractivity contribution in [3.63, 3.8) is 0 Å². The van der Waals surface area contributed by atoms with Crippen molar-refractivity contribution in [2.45, 2.75) is 12.5 Å². The second kappa shape index (κ2) is 6.74. The molecule has 1 unspecified atom stereocenters. The van der Waals surface area contributed by atoms with Crippen molar-refractivity contribution in [1.82, 2.24) is 10.2 Å². The van der Waals surface area contributed by atoms with Crippen molar-refractivity contribution in [2.24, 2.45) is 0 Å². The Morgan fingerprint density at radius 2 is 2.18 bits per heavy atom. The van der Waals surface area contributed by atoms with Gasteiger partial charge in [-0.1, -0.05) is 30.3 Å². The summed E-state index contributed by atoms with van der Waals surface area (Å²) in [6, 6.07) is 10.6. The molecule has 0 amide bonds. The van der Waals surface area contributed by atoms with Gasteiger partial charge in [0.2, 0.25) is 0 Å². The highest BCUT2D eigenvalue weighted by atomic mass is 16.5. The van der Waals surface area contributed by atoms with E-state index in [1.54, 1.807) is 0 Å². The van der Waals surface area contributed by atoms with Crippen LogP contribution in [0.25, 0.3) is 0 Å². The normalized spacial score (nSPS) is 21.6. The third-order valence-electron chi connectivity index (χ3n) is 3.15. The van der Waals surface area contributed by atoms with Crippen LogP contribution < -0.4 is 5.32 Å². The average Bonchev–Trinajstić information content (AvgIpc) is 2.36. The standard InChI is InChI=1S/C14H22N2O/c1-16-9-10-17-14(12-16)11-15-8-7-13-5-3-2-4-6-13/h2-6,14-15H,7-12H2,1H3. The van der Waals surface area contributed by atoms with Gasteiger partial charge < -0.3 is 15.0 Å². The number of likely N-dealkylation sites (N-methyl/N-ethyl adjacent to an activating group) is 1. The third kappa shape index (κ3) is 4.46. The van der Waals surface area contributed by atoms with Gasteiger partial charge in [-0.2, -0.15) is 0 Å². The fourth-order valence-corrected chi connectivity index (χ4v) is 2.13. The van der Waals surface area contributed by atoms with Gasteiger partial charge in [0.25, 0.3) is 0 Å². The number of ether oxygens (including phenoxy) is 1. The van der Waals surface area contributed by atoms with E-state index in [0.717, 1.165) is 39.2 Å². The number of benzene rings is 1. The average molecular weight is 234 g/mol. The molecule has 1 aliphatic rings. The molecule has 0 spiro atoms. The van der Waals surface area contributed by atoms with Crippen molar-refractivity contribution in [2.75, 3.05) is 39.8 Å². The molecule has 3 heteroatoms. The van der Waals surface area contributed by atoms with E-state index >= 15 is 0 Å². The molecule has 17 heavy (non-hydrogen) atoms. The Morgan fingerprint density at radius 3 is 2.94 bits per heavy atom. The van der Waals surface area contributed by atoms with Gasteiger partial charge in [-0.05, 0) is 25.6 Å². The van der Waals surface area contributed by atoms with Crippen LogP contribution in [0.2, 0.25) is 0 Å². The van der Waals surface area contributed by atoms with E-state index in [0.29, 0.717) is 6.10 Å². The lowest BCUT2D eigenvalue weighted by Crippen LogP contribution is -2.45. The molecule has 1 aromatic carbocycles. The minimum Gasteiger partial charge on any atom is -0.374 e. The topological polar surface area (TPSA) is 24.5 Å². The number of hydrogen-bond acceptors (Lipinski definition) is 3. The van der Waals surface area contributed by atoms with E-state index in [1.807, 2.05) is 0 Å². The van der Waals surface area contributed by atoms with E-state index in [2.05, 4.69) is 47.6 Å². The summed E-state index contributed by atoms with van der Waals surface area (Å²) in [5.74, 6) is 0. The molecule has 0 saturated carbocycles. The van der Waals surface area contributed by atoms with Gasteiger partial charge in [-0.15, -0.1) is 0 Å². The molecule has 0 aliphatic carbocycles. The van der Waals surface area contributed by atoms with Gasteiger partial charge in [0, 0.05) is 19.6 Å². The molecule has 0 aromatic heterocycles. The molecule has 1 N–H and O–H groups in total. The van der Waals surface area contributed by atoms with Crippen LogP contribution in [0, 0.1) is 0 Å². The molecule has 1 atom stereocenters. The molecule has 2 rings (SSSR count). The molecular formula is C14H22N2O. The van der Waals surface area contributed by atoms with Gasteiger partial charge in [0.05, 0.1) is 12.7 Å². The Bertz CT molecular complexity index is 315. The van der Waals surface area contributed by atoms with Crippen LogP contribution in [0.3, 0.4) is 0 Å². The number of hydrogen-bond donors (Lipinski definition) is 1. The Morgan fingerprint density at radius 1 is 1.35 bits per heavy atom. The molecule has 1 heterocycles. The maximum absolute atomic E-state index is 5.70. The minimum absolute atomic E-state index is 0.351. The first kappa shape index (κ1) is 12.6. The zero-order valence-corrected chi connectivity index (χ0v) is 10.6. The summed E-state index contributed by atoms with van der Waals surface area (Å²) in [4.78, 5) is 2.33. The molecule has 1 aliphatic heterocycles. The quantitative estimate of drug-likeness (QED) is 0.774. The van der Waals surface area contributed by atoms with Crippen molar-refractivity contribution in [1.29, 1.82) is 0 Å². The highest BCUT2D eigenvalue weighted by molar-refractivity contribution is 5.14. The second-order valence-corrected chi connectivity index (χ2v) is 4.69. The molecule has 94 valence electrons. The van der Waals surface area contributed by atoms with E-state index in [4.69, 9.17) is 4.74 Å². The molecule has 1 fully saturated rings. The first-order valence-electron chi connectivity index (χ1n) is 6.39. The van der Waals surface area contributed by atoms with E-state index in [-0.39, 0.29) is 0 Å². The van der Waals surface area contributed by atoms with Crippen LogP contribution in [-0.4, -0.2) is 50.8 Å². The predicted molar refractivity (Wildman–Crippen MR) is 70.3 cm³/mol. The summed E-state index contributed by atoms with van der Waals surface area (Å²) in [6.07, 6.45) is 1.44. The zero-order valence-electron chi connectivity index (χ0n) is 10.6. The first-order valence-corrected chi connectivity index (χ1v) is 6.39. The number of nitrogens with one attached hydrogen (secondary N) is 1. The van der Waals surface area contributed by atoms with Crippen LogP contribution in [0.5, 0.6) is 0 Å². The van der Waals surface area contributed by atoms with Crippen LogP contribution in [0.15, 0.2) is 30.3 Å². The largest absolute Gasteiger partial charge is 0.374 e. The molecule has 3 nitrogen and oxygen atoms in total. The molecule has 0 bridgehead atoms. The fraction of sp³-hybridized carbons (Fsp3) is 0.571.